The number of hydrogen-bond donors (Lipinski definition) is 0. The second kappa shape index (κ2) is 33.6. The molecule has 552 valence electrons. The van der Waals surface area contributed by atoms with Crippen LogP contribution in [0.4, 0.5) is 0 Å². The Balaban J connectivity index is 0.897. The number of thioether (sulfide) groups is 6. The molecular weight excluding hydrogens is 1510 g/mol. The van der Waals surface area contributed by atoms with E-state index in [2.05, 4.69) is 146 Å². The summed E-state index contributed by atoms with van der Waals surface area (Å²) in [6.45, 7) is 12.3. The first-order valence-corrected chi connectivity index (χ1v) is 42.1. The van der Waals surface area contributed by atoms with E-state index in [1.807, 2.05) is 224 Å². The lowest BCUT2D eigenvalue weighted by molar-refractivity contribution is 0.108. The molecule has 0 radical (unpaired) electrons. The maximum Gasteiger partial charge on any atom is 0.224 e. The number of benzene rings is 16. The van der Waals surface area contributed by atoms with Crippen molar-refractivity contribution in [1.29, 1.82) is 0 Å². The lowest BCUT2D eigenvalue weighted by Crippen LogP contribution is -2.00. The van der Waals surface area contributed by atoms with Gasteiger partial charge in [0.05, 0.1) is 0 Å². The topological polar surface area (TPSA) is 102 Å². The van der Waals surface area contributed by atoms with Gasteiger partial charge in [0.15, 0.2) is 0 Å². The highest BCUT2D eigenvalue weighted by molar-refractivity contribution is 8.18. The minimum absolute atomic E-state index is 0.258. The predicted octanol–water partition coefficient (Wildman–Crippen LogP) is 28.6. The SMILES string of the molecule is Cc1ccc(-c2ccc(C(=O)Sc3cc4c5cc(SC(=O)c6ccc(-c7ccc(C)cc7)cc6)c(SC(=O)c6ccc(-c7ccc(C)cc7)cc6)cc5c5cc(SC(=O)c6ccc(-c7ccc(C)cc7)cc6)c(SC(=O)c6ccc(-c7ccc(C)cc7)cc6)cc5c4cc3SC(=O)c3ccc(-c4ccc(C)cc4)cc3)cc2)cc1. The van der Waals surface area contributed by atoms with Crippen LogP contribution < -0.4 is 0 Å². The number of hydrogen-bond acceptors (Lipinski definition) is 12. The van der Waals surface area contributed by atoms with Crippen molar-refractivity contribution in [3.8, 4) is 66.8 Å². The van der Waals surface area contributed by atoms with Gasteiger partial charge in [-0.05, 0) is 320 Å². The zero-order valence-electron chi connectivity index (χ0n) is 63.1. The molecule has 0 N–H and O–H groups in total. The van der Waals surface area contributed by atoms with Crippen molar-refractivity contribution in [2.24, 2.45) is 0 Å². The fourth-order valence-electron chi connectivity index (χ4n) is 13.7. The van der Waals surface area contributed by atoms with Crippen molar-refractivity contribution in [1.82, 2.24) is 0 Å². The molecular formula is C102H72O6S6. The smallest absolute Gasteiger partial charge is 0.224 e. The van der Waals surface area contributed by atoms with Crippen LogP contribution in [0.3, 0.4) is 0 Å². The summed E-state index contributed by atoms with van der Waals surface area (Å²) < 4.78 is 0. The third-order valence-electron chi connectivity index (χ3n) is 20.4. The third-order valence-corrected chi connectivity index (χ3v) is 26.6. The summed E-state index contributed by atoms with van der Waals surface area (Å²) in [7, 11) is 0. The molecule has 0 aliphatic carbocycles. The molecule has 0 saturated heterocycles. The van der Waals surface area contributed by atoms with Crippen LogP contribution in [0.5, 0.6) is 0 Å². The van der Waals surface area contributed by atoms with E-state index in [1.165, 1.54) is 0 Å². The van der Waals surface area contributed by atoms with E-state index in [0.29, 0.717) is 95.1 Å². The van der Waals surface area contributed by atoms with Gasteiger partial charge in [0.1, 0.15) is 0 Å². The summed E-state index contributed by atoms with van der Waals surface area (Å²) in [4.78, 5) is 94.4. The minimum atomic E-state index is -0.258. The number of carbonyl (C=O) groups excluding carboxylic acids is 6. The molecule has 0 unspecified atom stereocenters. The van der Waals surface area contributed by atoms with E-state index in [4.69, 9.17) is 0 Å². The van der Waals surface area contributed by atoms with E-state index < -0.39 is 0 Å². The van der Waals surface area contributed by atoms with Gasteiger partial charge >= 0.3 is 0 Å². The van der Waals surface area contributed by atoms with Gasteiger partial charge in [0.2, 0.25) is 30.7 Å². The molecule has 0 aliphatic heterocycles. The molecule has 0 spiro atoms. The summed E-state index contributed by atoms with van der Waals surface area (Å²) in [5, 5.41) is 2.41. The summed E-state index contributed by atoms with van der Waals surface area (Å²) in [5.74, 6) is 0. The summed E-state index contributed by atoms with van der Waals surface area (Å²) in [6.07, 6.45) is 0. The number of carbonyl (C=O) groups is 6. The minimum Gasteiger partial charge on any atom is -0.281 e. The van der Waals surface area contributed by atoms with Crippen molar-refractivity contribution in [2.75, 3.05) is 0 Å². The van der Waals surface area contributed by atoms with Gasteiger partial charge in [-0.15, -0.1) is 0 Å². The Morgan fingerprint density at radius 2 is 0.246 bits per heavy atom. The second-order valence-electron chi connectivity index (χ2n) is 28.5. The van der Waals surface area contributed by atoms with Crippen molar-refractivity contribution in [2.45, 2.75) is 70.9 Å². The van der Waals surface area contributed by atoms with Crippen molar-refractivity contribution >= 4 is 134 Å². The highest BCUT2D eigenvalue weighted by atomic mass is 32.2. The Kier molecular flexibility index (Phi) is 22.5. The van der Waals surface area contributed by atoms with Crippen LogP contribution in [-0.4, -0.2) is 30.7 Å². The molecule has 0 amide bonds. The third kappa shape index (κ3) is 17.2. The maximum atomic E-state index is 15.2. The summed E-state index contributed by atoms with van der Waals surface area (Å²) >= 11 is 6.13. The predicted molar refractivity (Wildman–Crippen MR) is 480 cm³/mol. The number of rotatable bonds is 18. The van der Waals surface area contributed by atoms with Crippen molar-refractivity contribution < 1.29 is 28.8 Å². The van der Waals surface area contributed by atoms with Gasteiger partial charge in [0, 0.05) is 62.8 Å². The van der Waals surface area contributed by atoms with E-state index >= 15 is 28.8 Å². The first kappa shape index (κ1) is 76.4. The molecule has 16 aromatic rings. The molecule has 0 heterocycles. The van der Waals surface area contributed by atoms with Crippen LogP contribution in [0.2, 0.25) is 0 Å². The maximum absolute atomic E-state index is 15.2. The lowest BCUT2D eigenvalue weighted by Gasteiger charge is -2.19. The van der Waals surface area contributed by atoms with E-state index in [0.717, 1.165) is 171 Å². The Labute approximate surface area is 688 Å². The molecule has 0 atom stereocenters. The first-order valence-electron chi connectivity index (χ1n) is 37.2. The average Bonchev–Trinajstić information content (AvgIpc) is 0.721. The Morgan fingerprint density at radius 1 is 0.149 bits per heavy atom. The molecule has 0 aromatic heterocycles. The molecule has 16 rings (SSSR count). The van der Waals surface area contributed by atoms with Crippen LogP contribution in [-0.2, 0) is 0 Å². The van der Waals surface area contributed by atoms with Gasteiger partial charge < -0.3 is 0 Å². The zero-order valence-corrected chi connectivity index (χ0v) is 68.0. The average molecular weight is 1590 g/mol. The van der Waals surface area contributed by atoms with Gasteiger partial charge in [-0.2, -0.15) is 0 Å². The van der Waals surface area contributed by atoms with Gasteiger partial charge in [-0.25, -0.2) is 0 Å². The van der Waals surface area contributed by atoms with E-state index in [-0.39, 0.29) is 30.7 Å². The zero-order chi connectivity index (χ0) is 78.7. The van der Waals surface area contributed by atoms with Crippen LogP contribution in [0.1, 0.15) is 95.5 Å². The van der Waals surface area contributed by atoms with Gasteiger partial charge in [-0.1, -0.05) is 252 Å². The summed E-state index contributed by atoms with van der Waals surface area (Å²) in [5.41, 5.74) is 21.3. The van der Waals surface area contributed by atoms with Gasteiger partial charge in [-0.3, -0.25) is 28.8 Å². The van der Waals surface area contributed by atoms with Crippen LogP contribution in [0, 0.1) is 41.5 Å². The molecule has 16 aromatic carbocycles. The van der Waals surface area contributed by atoms with Crippen LogP contribution in [0.15, 0.2) is 357 Å². The fraction of sp³-hybridized carbons (Fsp3) is 0.0588. The van der Waals surface area contributed by atoms with E-state index in [1.54, 1.807) is 0 Å². The van der Waals surface area contributed by atoms with E-state index in [9.17, 15) is 0 Å². The Hall–Kier alpha value is -11.6. The fourth-order valence-corrected chi connectivity index (χ4v) is 19.2. The molecule has 114 heavy (non-hydrogen) atoms. The lowest BCUT2D eigenvalue weighted by atomic mass is 9.94. The molecule has 6 nitrogen and oxygen atoms in total. The number of fused-ring (bicyclic) bond motifs is 6. The highest BCUT2D eigenvalue weighted by Gasteiger charge is 2.27. The van der Waals surface area contributed by atoms with Crippen LogP contribution >= 0.6 is 70.6 Å². The Bertz CT molecular complexity index is 5360. The van der Waals surface area contributed by atoms with Crippen LogP contribution in [0.25, 0.3) is 99.1 Å². The Morgan fingerprint density at radius 3 is 0.351 bits per heavy atom. The first-order chi connectivity index (χ1) is 55.3. The molecule has 0 fully saturated rings. The second-order valence-corrected chi connectivity index (χ2v) is 34.6. The quantitative estimate of drug-likeness (QED) is 0.0604. The standard InChI is InChI=1S/C102H72O6S6/c1-61-7-19-67(20-8-61)73-31-43-79(44-32-73)97(103)109-91-55-85-86(56-92(91)110-98(104)80-45-33-74(34-46-80)68-21-9-62(2)10-22-68)88-58-94(112-100(106)82-49-37-76(38-50-82)70-25-13-64(4)14-26-70)96(114-102(108)84-53-41-78(42-54-84)72-29-17-66(6)18-30-72)60-90(88)89-59-95(113-101(107)83-51-39-77(40-52-83)71-27-15-65(5)16-28-71)93(57-87(85)89)111-99(105)81-47-35-75(36-48-81)69-23-11-63(3)12-24-69/h7-60H,1-6H3. The molecule has 0 bridgehead atoms. The number of aryl methyl sites for hydroxylation is 6. The van der Waals surface area contributed by atoms with Crippen molar-refractivity contribution in [3.05, 3.63) is 394 Å². The summed E-state index contributed by atoms with van der Waals surface area (Å²) in [6, 6.07) is 107. The molecule has 0 saturated carbocycles. The molecule has 0 aliphatic rings. The van der Waals surface area contributed by atoms with Gasteiger partial charge in [0.25, 0.3) is 0 Å². The normalized spacial score (nSPS) is 11.3. The monoisotopic (exact) mass is 1580 g/mol. The van der Waals surface area contributed by atoms with Crippen molar-refractivity contribution in [3.63, 3.8) is 0 Å². The molecule has 12 heteroatoms. The largest absolute Gasteiger partial charge is 0.281 e. The highest BCUT2D eigenvalue weighted by Crippen LogP contribution is 2.50.